The van der Waals surface area contributed by atoms with Gasteiger partial charge in [0.15, 0.2) is 5.78 Å². The number of aromatic nitrogens is 2. The molecular formula is C32H46N2O2. The van der Waals surface area contributed by atoms with Gasteiger partial charge < -0.3 is 0 Å². The van der Waals surface area contributed by atoms with Crippen LogP contribution < -0.4 is 0 Å². The molecule has 0 spiro atoms. The third-order valence-corrected chi connectivity index (χ3v) is 7.77. The molecule has 3 rings (SSSR count). The maximum Gasteiger partial charge on any atom is 0.158 e. The van der Waals surface area contributed by atoms with Gasteiger partial charge in [0.05, 0.1) is 5.92 Å². The first-order valence-corrected chi connectivity index (χ1v) is 14.6. The minimum Gasteiger partial charge on any atom is -0.299 e. The highest BCUT2D eigenvalue weighted by Crippen LogP contribution is 2.35. The lowest BCUT2D eigenvalue weighted by Gasteiger charge is -2.29. The largest absolute Gasteiger partial charge is 0.299 e. The van der Waals surface area contributed by atoms with Gasteiger partial charge >= 0.3 is 0 Å². The molecule has 3 unspecified atom stereocenters. The van der Waals surface area contributed by atoms with Crippen LogP contribution in [0.25, 0.3) is 0 Å². The Kier molecular flexibility index (Phi) is 12.3. The van der Waals surface area contributed by atoms with Crippen molar-refractivity contribution < 1.29 is 9.59 Å². The van der Waals surface area contributed by atoms with Gasteiger partial charge in [0.1, 0.15) is 17.5 Å². The Morgan fingerprint density at radius 3 is 2.17 bits per heavy atom. The molecule has 1 fully saturated rings. The number of rotatable bonds is 16. The van der Waals surface area contributed by atoms with Crippen molar-refractivity contribution in [1.29, 1.82) is 0 Å². The van der Waals surface area contributed by atoms with Crippen molar-refractivity contribution in [3.63, 3.8) is 0 Å². The SMILES string of the molecule is CCCCCCCCCc1cnc(C(C(=O)C2CCC(CCCCC)CC2=O)c2ccccc2)nc1. The van der Waals surface area contributed by atoms with Gasteiger partial charge in [-0.25, -0.2) is 9.97 Å². The Bertz CT molecular complexity index is 910. The van der Waals surface area contributed by atoms with Crippen LogP contribution in [-0.4, -0.2) is 21.5 Å². The first kappa shape index (κ1) is 28.2. The number of unbranched alkanes of at least 4 members (excludes halogenated alkanes) is 8. The van der Waals surface area contributed by atoms with Gasteiger partial charge in [0.25, 0.3) is 0 Å². The predicted molar refractivity (Wildman–Crippen MR) is 147 cm³/mol. The first-order chi connectivity index (χ1) is 17.6. The summed E-state index contributed by atoms with van der Waals surface area (Å²) < 4.78 is 0. The highest BCUT2D eigenvalue weighted by molar-refractivity contribution is 6.06. The van der Waals surface area contributed by atoms with E-state index in [1.54, 1.807) is 0 Å². The second-order valence-corrected chi connectivity index (χ2v) is 10.7. The summed E-state index contributed by atoms with van der Waals surface area (Å²) in [7, 11) is 0. The lowest BCUT2D eigenvalue weighted by atomic mass is 9.73. The van der Waals surface area contributed by atoms with Crippen LogP contribution in [0.15, 0.2) is 42.7 Å². The molecule has 1 heterocycles. The van der Waals surface area contributed by atoms with E-state index in [0.29, 0.717) is 24.6 Å². The van der Waals surface area contributed by atoms with Crippen LogP contribution in [0, 0.1) is 11.8 Å². The van der Waals surface area contributed by atoms with Crippen LogP contribution in [-0.2, 0) is 16.0 Å². The number of aryl methyl sites for hydroxylation is 1. The van der Waals surface area contributed by atoms with Crippen LogP contribution >= 0.6 is 0 Å². The molecule has 4 heteroatoms. The fourth-order valence-corrected chi connectivity index (χ4v) is 5.54. The molecule has 0 amide bonds. The Balaban J connectivity index is 1.63. The molecule has 0 radical (unpaired) electrons. The second-order valence-electron chi connectivity index (χ2n) is 10.7. The summed E-state index contributed by atoms with van der Waals surface area (Å²) in [5, 5.41) is 0. The molecular weight excluding hydrogens is 444 g/mol. The molecule has 2 aromatic rings. The topological polar surface area (TPSA) is 59.9 Å². The summed E-state index contributed by atoms with van der Waals surface area (Å²) in [6, 6.07) is 9.75. The molecule has 36 heavy (non-hydrogen) atoms. The fraction of sp³-hybridized carbons (Fsp3) is 0.625. The first-order valence-electron chi connectivity index (χ1n) is 14.6. The van der Waals surface area contributed by atoms with E-state index in [-0.39, 0.29) is 11.6 Å². The zero-order valence-corrected chi connectivity index (χ0v) is 22.6. The standard InChI is InChI=1S/C32H46N2O2/c1-3-5-7-8-9-10-13-17-26-23-33-32(34-24-26)30(27-18-14-11-15-19-27)31(36)28-21-20-25(22-29(28)35)16-12-6-4-2/h11,14-15,18-19,23-25,28,30H,3-10,12-13,16-17,20-22H2,1-2H3. The average molecular weight is 491 g/mol. The lowest BCUT2D eigenvalue weighted by molar-refractivity contribution is -0.135. The molecule has 1 aromatic carbocycles. The van der Waals surface area contributed by atoms with Crippen molar-refractivity contribution in [2.75, 3.05) is 0 Å². The van der Waals surface area contributed by atoms with E-state index in [9.17, 15) is 9.59 Å². The number of hydrogen-bond donors (Lipinski definition) is 0. The van der Waals surface area contributed by atoms with E-state index < -0.39 is 11.8 Å². The Hall–Kier alpha value is -2.36. The van der Waals surface area contributed by atoms with Gasteiger partial charge in [0, 0.05) is 18.8 Å². The monoisotopic (exact) mass is 490 g/mol. The number of carbonyl (C=O) groups excluding carboxylic acids is 2. The normalized spacial score (nSPS) is 18.8. The maximum absolute atomic E-state index is 13.8. The summed E-state index contributed by atoms with van der Waals surface area (Å²) in [5.74, 6) is -0.0712. The van der Waals surface area contributed by atoms with Gasteiger partial charge in [0.2, 0.25) is 0 Å². The summed E-state index contributed by atoms with van der Waals surface area (Å²) >= 11 is 0. The molecule has 0 N–H and O–H groups in total. The molecule has 3 atom stereocenters. The van der Waals surface area contributed by atoms with E-state index in [2.05, 4.69) is 23.8 Å². The minimum atomic E-state index is -0.579. The molecule has 1 aliphatic rings. The summed E-state index contributed by atoms with van der Waals surface area (Å²) in [5.41, 5.74) is 2.00. The lowest BCUT2D eigenvalue weighted by Crippen LogP contribution is -2.35. The maximum atomic E-state index is 13.8. The second kappa shape index (κ2) is 15.7. The summed E-state index contributed by atoms with van der Waals surface area (Å²) in [6.45, 7) is 4.45. The smallest absolute Gasteiger partial charge is 0.158 e. The zero-order chi connectivity index (χ0) is 25.6. The number of Topliss-reactive ketones (excluding diaryl/α,β-unsaturated/α-hetero) is 2. The van der Waals surface area contributed by atoms with Crippen molar-refractivity contribution >= 4 is 11.6 Å². The third kappa shape index (κ3) is 8.64. The average Bonchev–Trinajstić information content (AvgIpc) is 2.90. The van der Waals surface area contributed by atoms with E-state index in [1.165, 1.54) is 57.8 Å². The summed E-state index contributed by atoms with van der Waals surface area (Å²) in [6.07, 6.45) is 20.5. The van der Waals surface area contributed by atoms with Crippen molar-refractivity contribution in [2.45, 2.75) is 116 Å². The van der Waals surface area contributed by atoms with E-state index in [0.717, 1.165) is 36.8 Å². The molecule has 4 nitrogen and oxygen atoms in total. The van der Waals surface area contributed by atoms with Crippen molar-refractivity contribution in [3.8, 4) is 0 Å². The number of benzene rings is 1. The van der Waals surface area contributed by atoms with Crippen molar-refractivity contribution in [2.24, 2.45) is 11.8 Å². The zero-order valence-electron chi connectivity index (χ0n) is 22.6. The Morgan fingerprint density at radius 2 is 1.50 bits per heavy atom. The van der Waals surface area contributed by atoms with Crippen LogP contribution in [0.5, 0.6) is 0 Å². The van der Waals surface area contributed by atoms with Gasteiger partial charge in [-0.2, -0.15) is 0 Å². The van der Waals surface area contributed by atoms with Gasteiger partial charge in [-0.1, -0.05) is 108 Å². The number of carbonyl (C=O) groups is 2. The third-order valence-electron chi connectivity index (χ3n) is 7.77. The molecule has 1 saturated carbocycles. The Morgan fingerprint density at radius 1 is 0.861 bits per heavy atom. The predicted octanol–water partition coefficient (Wildman–Crippen LogP) is 8.04. The van der Waals surface area contributed by atoms with E-state index in [4.69, 9.17) is 0 Å². The quantitative estimate of drug-likeness (QED) is 0.176. The van der Waals surface area contributed by atoms with Gasteiger partial charge in [-0.15, -0.1) is 0 Å². The highest BCUT2D eigenvalue weighted by Gasteiger charge is 2.38. The number of hydrogen-bond acceptors (Lipinski definition) is 4. The van der Waals surface area contributed by atoms with Crippen molar-refractivity contribution in [1.82, 2.24) is 9.97 Å². The Labute approximate surface area is 218 Å². The van der Waals surface area contributed by atoms with E-state index >= 15 is 0 Å². The number of ketones is 2. The molecule has 1 aromatic heterocycles. The summed E-state index contributed by atoms with van der Waals surface area (Å²) in [4.78, 5) is 36.2. The van der Waals surface area contributed by atoms with Gasteiger partial charge in [-0.3, -0.25) is 9.59 Å². The molecule has 1 aliphatic carbocycles. The van der Waals surface area contributed by atoms with Crippen LogP contribution in [0.3, 0.4) is 0 Å². The molecule has 0 saturated heterocycles. The molecule has 0 aliphatic heterocycles. The molecule has 196 valence electrons. The number of nitrogens with zero attached hydrogens (tertiary/aromatic N) is 2. The van der Waals surface area contributed by atoms with Crippen LogP contribution in [0.1, 0.15) is 127 Å². The fourth-order valence-electron chi connectivity index (χ4n) is 5.54. The van der Waals surface area contributed by atoms with Crippen LogP contribution in [0.4, 0.5) is 0 Å². The highest BCUT2D eigenvalue weighted by atomic mass is 16.2. The van der Waals surface area contributed by atoms with Crippen LogP contribution in [0.2, 0.25) is 0 Å². The van der Waals surface area contributed by atoms with E-state index in [1.807, 2.05) is 42.7 Å². The van der Waals surface area contributed by atoms with Gasteiger partial charge in [-0.05, 0) is 42.7 Å². The molecule has 0 bridgehead atoms. The van der Waals surface area contributed by atoms with Crippen molar-refractivity contribution in [3.05, 3.63) is 59.7 Å². The minimum absolute atomic E-state index is 0.0296.